The Kier molecular flexibility index (Phi) is 3.29. The highest BCUT2D eigenvalue weighted by atomic mass is 79.9. The third kappa shape index (κ3) is 2.08. The fraction of sp³-hybridized carbons (Fsp3) is 0.625. The maximum Gasteiger partial charge on any atom is 0.127 e. The van der Waals surface area contributed by atoms with Crippen molar-refractivity contribution in [2.45, 2.75) is 26.2 Å². The van der Waals surface area contributed by atoms with E-state index in [9.17, 15) is 0 Å². The second-order valence-corrected chi connectivity index (χ2v) is 3.77. The molecule has 0 aromatic carbocycles. The number of nitrogens with zero attached hydrogens (tertiary/aromatic N) is 1. The average Bonchev–Trinajstić information content (AvgIpc) is 2.34. The number of hydrogen-bond donors (Lipinski definition) is 2. The minimum atomic E-state index is 0.151. The van der Waals surface area contributed by atoms with Gasteiger partial charge in [0, 0.05) is 18.9 Å². The number of aliphatic hydroxyl groups is 1. The summed E-state index contributed by atoms with van der Waals surface area (Å²) in [6.45, 7) is 4.31. The van der Waals surface area contributed by atoms with Gasteiger partial charge in [-0.3, -0.25) is 0 Å². The Hall–Kier alpha value is -0.350. The van der Waals surface area contributed by atoms with Crippen LogP contribution in [0.3, 0.4) is 0 Å². The van der Waals surface area contributed by atoms with Crippen molar-refractivity contribution in [1.82, 2.24) is 9.97 Å². The van der Waals surface area contributed by atoms with Crippen molar-refractivity contribution in [2.75, 3.05) is 6.61 Å². The second kappa shape index (κ2) is 4.05. The highest BCUT2D eigenvalue weighted by molar-refractivity contribution is 9.10. The van der Waals surface area contributed by atoms with Crippen molar-refractivity contribution in [2.24, 2.45) is 0 Å². The molecule has 0 spiro atoms. The summed E-state index contributed by atoms with van der Waals surface area (Å²) >= 11 is 3.33. The number of aromatic nitrogens is 2. The Morgan fingerprint density at radius 2 is 2.25 bits per heavy atom. The van der Waals surface area contributed by atoms with Gasteiger partial charge in [-0.2, -0.15) is 0 Å². The summed E-state index contributed by atoms with van der Waals surface area (Å²) in [5.41, 5.74) is 0.973. The molecule has 0 radical (unpaired) electrons. The Bertz CT molecular complexity index is 258. The van der Waals surface area contributed by atoms with Gasteiger partial charge in [-0.1, -0.05) is 13.8 Å². The minimum absolute atomic E-state index is 0.151. The van der Waals surface area contributed by atoms with Crippen LogP contribution in [0.1, 0.15) is 31.3 Å². The van der Waals surface area contributed by atoms with Crippen LogP contribution in [0.5, 0.6) is 0 Å². The predicted molar refractivity (Wildman–Crippen MR) is 51.2 cm³/mol. The van der Waals surface area contributed by atoms with E-state index in [4.69, 9.17) is 5.11 Å². The first-order chi connectivity index (χ1) is 5.65. The number of imidazole rings is 1. The molecule has 0 saturated heterocycles. The molecule has 12 heavy (non-hydrogen) atoms. The molecule has 1 heterocycles. The third-order valence-electron chi connectivity index (χ3n) is 1.66. The molecule has 0 aliphatic rings. The van der Waals surface area contributed by atoms with Crippen LogP contribution in [0.15, 0.2) is 4.60 Å². The molecule has 3 nitrogen and oxygen atoms in total. The number of aromatic amines is 1. The molecule has 0 unspecified atom stereocenters. The van der Waals surface area contributed by atoms with E-state index in [2.05, 4.69) is 39.7 Å². The summed E-state index contributed by atoms with van der Waals surface area (Å²) in [6.07, 6.45) is 0.625. The first kappa shape index (κ1) is 9.74. The van der Waals surface area contributed by atoms with Crippen molar-refractivity contribution in [3.05, 3.63) is 16.1 Å². The zero-order valence-electron chi connectivity index (χ0n) is 7.26. The molecule has 1 rings (SSSR count). The average molecular weight is 233 g/mol. The first-order valence-electron chi connectivity index (χ1n) is 4.00. The summed E-state index contributed by atoms with van der Waals surface area (Å²) in [7, 11) is 0. The molecule has 0 atom stereocenters. The Morgan fingerprint density at radius 3 is 2.67 bits per heavy atom. The number of hydrogen-bond acceptors (Lipinski definition) is 2. The molecule has 68 valence electrons. The minimum Gasteiger partial charge on any atom is -0.396 e. The van der Waals surface area contributed by atoms with Gasteiger partial charge in [-0.25, -0.2) is 4.98 Å². The van der Waals surface area contributed by atoms with Crippen LogP contribution >= 0.6 is 15.9 Å². The number of rotatable bonds is 3. The lowest BCUT2D eigenvalue weighted by molar-refractivity contribution is 0.298. The lowest BCUT2D eigenvalue weighted by Crippen LogP contribution is -1.93. The van der Waals surface area contributed by atoms with Gasteiger partial charge in [0.15, 0.2) is 0 Å². The highest BCUT2D eigenvalue weighted by Gasteiger charge is 2.09. The molecule has 1 aromatic heterocycles. The lowest BCUT2D eigenvalue weighted by atomic mass is 10.2. The molecule has 2 N–H and O–H groups in total. The predicted octanol–water partition coefficient (Wildman–Crippen LogP) is 1.83. The van der Waals surface area contributed by atoms with Gasteiger partial charge in [-0.15, -0.1) is 0 Å². The van der Waals surface area contributed by atoms with Crippen LogP contribution in [0.4, 0.5) is 0 Å². The van der Waals surface area contributed by atoms with E-state index >= 15 is 0 Å². The largest absolute Gasteiger partial charge is 0.396 e. The lowest BCUT2D eigenvalue weighted by Gasteiger charge is -1.97. The van der Waals surface area contributed by atoms with Crippen LogP contribution in [0, 0.1) is 0 Å². The van der Waals surface area contributed by atoms with E-state index in [1.165, 1.54) is 0 Å². The molecule has 0 fully saturated rings. The molecule has 0 aliphatic carbocycles. The van der Waals surface area contributed by atoms with Crippen molar-refractivity contribution in [3.63, 3.8) is 0 Å². The summed E-state index contributed by atoms with van der Waals surface area (Å²) in [6, 6.07) is 0. The summed E-state index contributed by atoms with van der Waals surface area (Å²) in [4.78, 5) is 7.44. The van der Waals surface area contributed by atoms with E-state index in [-0.39, 0.29) is 6.61 Å². The quantitative estimate of drug-likeness (QED) is 0.836. The number of nitrogens with one attached hydrogen (secondary N) is 1. The molecule has 4 heteroatoms. The third-order valence-corrected chi connectivity index (χ3v) is 2.31. The monoisotopic (exact) mass is 232 g/mol. The Morgan fingerprint density at radius 1 is 1.58 bits per heavy atom. The van der Waals surface area contributed by atoms with Gasteiger partial charge < -0.3 is 10.1 Å². The first-order valence-corrected chi connectivity index (χ1v) is 4.79. The van der Waals surface area contributed by atoms with Crippen LogP contribution < -0.4 is 0 Å². The maximum atomic E-state index is 8.72. The summed E-state index contributed by atoms with van der Waals surface area (Å²) < 4.78 is 0.820. The molecule has 0 bridgehead atoms. The van der Waals surface area contributed by atoms with Gasteiger partial charge in [0.05, 0.1) is 5.69 Å². The van der Waals surface area contributed by atoms with E-state index in [1.807, 2.05) is 0 Å². The zero-order chi connectivity index (χ0) is 9.14. The second-order valence-electron chi connectivity index (χ2n) is 3.02. The van der Waals surface area contributed by atoms with Crippen LogP contribution in [0.25, 0.3) is 0 Å². The normalized spacial score (nSPS) is 11.1. The van der Waals surface area contributed by atoms with Crippen molar-refractivity contribution in [3.8, 4) is 0 Å². The SMILES string of the molecule is CC(C)c1nc(Br)c(CCO)[nH]1. The van der Waals surface area contributed by atoms with Crippen LogP contribution in [0.2, 0.25) is 0 Å². The number of aliphatic hydroxyl groups excluding tert-OH is 1. The van der Waals surface area contributed by atoms with Crippen molar-refractivity contribution >= 4 is 15.9 Å². The maximum absolute atomic E-state index is 8.72. The van der Waals surface area contributed by atoms with E-state index in [0.717, 1.165) is 16.1 Å². The van der Waals surface area contributed by atoms with Crippen molar-refractivity contribution in [1.29, 1.82) is 0 Å². The van der Waals surface area contributed by atoms with Crippen LogP contribution in [-0.4, -0.2) is 21.7 Å². The van der Waals surface area contributed by atoms with E-state index in [1.54, 1.807) is 0 Å². The zero-order valence-corrected chi connectivity index (χ0v) is 8.85. The number of H-pyrrole nitrogens is 1. The summed E-state index contributed by atoms with van der Waals surface area (Å²) in [5, 5.41) is 8.72. The Labute approximate surface area is 80.3 Å². The molecule has 0 saturated carbocycles. The van der Waals surface area contributed by atoms with E-state index in [0.29, 0.717) is 12.3 Å². The molecular formula is C8H13BrN2O. The molecular weight excluding hydrogens is 220 g/mol. The topological polar surface area (TPSA) is 48.9 Å². The number of halogens is 1. The molecule has 1 aromatic rings. The van der Waals surface area contributed by atoms with Gasteiger partial charge >= 0.3 is 0 Å². The van der Waals surface area contributed by atoms with Gasteiger partial charge in [0.2, 0.25) is 0 Å². The van der Waals surface area contributed by atoms with Gasteiger partial charge in [0.25, 0.3) is 0 Å². The smallest absolute Gasteiger partial charge is 0.127 e. The molecule has 0 aliphatic heterocycles. The van der Waals surface area contributed by atoms with E-state index < -0.39 is 0 Å². The van der Waals surface area contributed by atoms with Crippen LogP contribution in [-0.2, 0) is 6.42 Å². The summed E-state index contributed by atoms with van der Waals surface area (Å²) in [5.74, 6) is 1.36. The van der Waals surface area contributed by atoms with Gasteiger partial charge in [-0.05, 0) is 15.9 Å². The molecule has 0 amide bonds. The van der Waals surface area contributed by atoms with Gasteiger partial charge in [0.1, 0.15) is 10.4 Å². The highest BCUT2D eigenvalue weighted by Crippen LogP contribution is 2.18. The fourth-order valence-corrected chi connectivity index (χ4v) is 1.45. The van der Waals surface area contributed by atoms with Crippen molar-refractivity contribution < 1.29 is 5.11 Å². The standard InChI is InChI=1S/C8H13BrN2O/c1-5(2)8-10-6(3-4-12)7(9)11-8/h5,12H,3-4H2,1-2H3,(H,10,11). The Balaban J connectivity index is 2.85. The fourth-order valence-electron chi connectivity index (χ4n) is 0.958.